The molecule has 0 spiro atoms. The van der Waals surface area contributed by atoms with Gasteiger partial charge in [0.05, 0.1) is 22.9 Å². The molecule has 2 aliphatic carbocycles. The second-order valence-electron chi connectivity index (χ2n) is 9.36. The highest BCUT2D eigenvalue weighted by Gasteiger charge is 2.33. The van der Waals surface area contributed by atoms with Crippen molar-refractivity contribution < 1.29 is 9.63 Å². The van der Waals surface area contributed by atoms with Gasteiger partial charge in [0.25, 0.3) is 0 Å². The lowest BCUT2D eigenvalue weighted by Crippen LogP contribution is -2.45. The zero-order chi connectivity index (χ0) is 21.6. The molecule has 3 N–H and O–H groups in total. The van der Waals surface area contributed by atoms with Crippen molar-refractivity contribution in [3.05, 3.63) is 39.1 Å². The van der Waals surface area contributed by atoms with E-state index < -0.39 is 0 Å². The van der Waals surface area contributed by atoms with E-state index in [-0.39, 0.29) is 35.1 Å². The number of aromatic nitrogens is 1. The minimum atomic E-state index is -0.121. The Labute approximate surface area is 181 Å². The lowest BCUT2D eigenvalue weighted by Gasteiger charge is -2.25. The highest BCUT2D eigenvalue weighted by molar-refractivity contribution is 6.34. The van der Waals surface area contributed by atoms with Gasteiger partial charge in [0, 0.05) is 47.1 Å². The molecule has 4 rings (SSSR count). The van der Waals surface area contributed by atoms with Crippen molar-refractivity contribution in [1.29, 1.82) is 0 Å². The van der Waals surface area contributed by atoms with Crippen molar-refractivity contribution in [3.63, 3.8) is 0 Å². The molecule has 0 aromatic rings. The van der Waals surface area contributed by atoms with Gasteiger partial charge in [-0.2, -0.15) is 0 Å². The van der Waals surface area contributed by atoms with Crippen LogP contribution in [0.15, 0.2) is 23.1 Å². The van der Waals surface area contributed by atoms with E-state index in [4.69, 9.17) is 16.4 Å². The van der Waals surface area contributed by atoms with Gasteiger partial charge in [0.1, 0.15) is 6.10 Å². The summed E-state index contributed by atoms with van der Waals surface area (Å²) >= 11 is 6.47. The van der Waals surface area contributed by atoms with Crippen LogP contribution < -0.4 is 21.5 Å². The lowest BCUT2D eigenvalue weighted by molar-refractivity contribution is -0.121. The molecule has 1 saturated carbocycles. The molecule has 1 fully saturated rings. The molecule has 2 heterocycles. The van der Waals surface area contributed by atoms with Gasteiger partial charge in [-0.15, -0.1) is 0 Å². The van der Waals surface area contributed by atoms with Crippen LogP contribution in [0.3, 0.4) is 0 Å². The van der Waals surface area contributed by atoms with Crippen molar-refractivity contribution in [2.24, 2.45) is 0 Å². The van der Waals surface area contributed by atoms with E-state index in [0.717, 1.165) is 41.8 Å². The number of carbonyl (C=O) groups excluding carboxylic acids is 1. The SMILES string of the molecule is CC1ONc2c1cn(C1CCC(NC(=O)CNC(C)(C)C)C1)c1cc(=O)cc(Cl)c2-1. The van der Waals surface area contributed by atoms with E-state index in [0.29, 0.717) is 11.6 Å². The smallest absolute Gasteiger partial charge is 0.234 e. The topological polar surface area (TPSA) is 84.4 Å². The summed E-state index contributed by atoms with van der Waals surface area (Å²) in [4.78, 5) is 30.1. The van der Waals surface area contributed by atoms with Crippen LogP contribution in [-0.4, -0.2) is 28.6 Å². The standard InChI is InChI=1S/C22H29ClN4O3/c1-12-16-11-27(18-9-15(28)8-17(23)20(18)21(16)26-30-12)14-6-5-13(7-14)25-19(29)10-24-22(2,3)4/h8-9,11-14,24,26H,5-7,10H2,1-4H3,(H,25,29). The number of fused-ring (bicyclic) bond motifs is 3. The Balaban J connectivity index is 1.58. The van der Waals surface area contributed by atoms with Crippen LogP contribution in [0, 0.1) is 0 Å². The Kier molecular flexibility index (Phi) is 5.55. The number of pyridine rings is 1. The van der Waals surface area contributed by atoms with Gasteiger partial charge in [0.15, 0.2) is 5.43 Å². The van der Waals surface area contributed by atoms with Crippen molar-refractivity contribution in [2.45, 2.75) is 70.7 Å². The lowest BCUT2D eigenvalue weighted by atomic mass is 10.00. The number of hydrogen-bond donors (Lipinski definition) is 3. The minimum Gasteiger partial charge on any atom is -0.352 e. The Bertz CT molecular complexity index is 997. The second-order valence-corrected chi connectivity index (χ2v) is 9.77. The molecule has 2 aliphatic heterocycles. The molecule has 1 amide bonds. The molecule has 30 heavy (non-hydrogen) atoms. The maximum atomic E-state index is 12.3. The van der Waals surface area contributed by atoms with Crippen LogP contribution in [0.25, 0.3) is 11.3 Å². The molecule has 0 bridgehead atoms. The molecule has 7 nitrogen and oxygen atoms in total. The number of anilines is 1. The summed E-state index contributed by atoms with van der Waals surface area (Å²) < 4.78 is 2.15. The van der Waals surface area contributed by atoms with Crippen molar-refractivity contribution in [3.8, 4) is 11.3 Å². The number of halogens is 1. The highest BCUT2D eigenvalue weighted by Crippen LogP contribution is 2.46. The largest absolute Gasteiger partial charge is 0.352 e. The number of nitrogens with zero attached hydrogens (tertiary/aromatic N) is 1. The molecule has 4 aliphatic rings. The zero-order valence-electron chi connectivity index (χ0n) is 17.8. The van der Waals surface area contributed by atoms with Gasteiger partial charge >= 0.3 is 0 Å². The summed E-state index contributed by atoms with van der Waals surface area (Å²) in [6.45, 7) is 8.39. The summed E-state index contributed by atoms with van der Waals surface area (Å²) in [5.74, 6) is 0.00972. The maximum absolute atomic E-state index is 12.3. The Morgan fingerprint density at radius 3 is 2.83 bits per heavy atom. The quantitative estimate of drug-likeness (QED) is 0.687. The first-order valence-corrected chi connectivity index (χ1v) is 10.8. The highest BCUT2D eigenvalue weighted by atomic mass is 35.5. The third kappa shape index (κ3) is 4.19. The summed E-state index contributed by atoms with van der Waals surface area (Å²) in [5.41, 5.74) is 6.19. The zero-order valence-corrected chi connectivity index (χ0v) is 18.6. The third-order valence-corrected chi connectivity index (χ3v) is 6.15. The Morgan fingerprint density at radius 2 is 2.10 bits per heavy atom. The maximum Gasteiger partial charge on any atom is 0.234 e. The Morgan fingerprint density at radius 1 is 1.33 bits per heavy atom. The number of benzene rings is 1. The van der Waals surface area contributed by atoms with E-state index in [1.54, 1.807) is 6.07 Å². The van der Waals surface area contributed by atoms with Crippen molar-refractivity contribution in [1.82, 2.24) is 15.2 Å². The van der Waals surface area contributed by atoms with Crippen LogP contribution >= 0.6 is 11.6 Å². The molecule has 0 saturated heterocycles. The van der Waals surface area contributed by atoms with Crippen LogP contribution in [0.2, 0.25) is 5.02 Å². The van der Waals surface area contributed by atoms with Crippen molar-refractivity contribution >= 4 is 23.2 Å². The number of nitrogens with one attached hydrogen (secondary N) is 3. The first kappa shape index (κ1) is 21.2. The third-order valence-electron chi connectivity index (χ3n) is 5.86. The van der Waals surface area contributed by atoms with Crippen LogP contribution in [0.4, 0.5) is 5.69 Å². The first-order valence-electron chi connectivity index (χ1n) is 10.5. The van der Waals surface area contributed by atoms with E-state index in [9.17, 15) is 9.59 Å². The predicted octanol–water partition coefficient (Wildman–Crippen LogP) is 3.62. The first-order chi connectivity index (χ1) is 14.1. The van der Waals surface area contributed by atoms with Crippen LogP contribution in [-0.2, 0) is 9.63 Å². The van der Waals surface area contributed by atoms with E-state index >= 15 is 0 Å². The minimum absolute atomic E-state index is 0.00972. The molecule has 0 aromatic heterocycles. The van der Waals surface area contributed by atoms with Crippen LogP contribution in [0.5, 0.6) is 0 Å². The monoisotopic (exact) mass is 432 g/mol. The fourth-order valence-corrected chi connectivity index (χ4v) is 4.64. The second kappa shape index (κ2) is 7.87. The summed E-state index contributed by atoms with van der Waals surface area (Å²) in [6, 6.07) is 3.35. The van der Waals surface area contributed by atoms with Crippen LogP contribution in [0.1, 0.15) is 64.7 Å². The molecule has 0 aromatic carbocycles. The number of amides is 1. The molecule has 3 unspecified atom stereocenters. The van der Waals surface area contributed by atoms with E-state index in [1.807, 2.05) is 27.7 Å². The average molecular weight is 433 g/mol. The van der Waals surface area contributed by atoms with Gasteiger partial charge in [-0.05, 0) is 47.0 Å². The fraction of sp³-hybridized carbons (Fsp3) is 0.545. The summed E-state index contributed by atoms with van der Waals surface area (Å²) in [5, 5.41) is 6.79. The number of hydrogen-bond acceptors (Lipinski definition) is 5. The van der Waals surface area contributed by atoms with Gasteiger partial charge in [0.2, 0.25) is 5.91 Å². The molecular weight excluding hydrogens is 404 g/mol. The molecule has 3 atom stereocenters. The predicted molar refractivity (Wildman–Crippen MR) is 118 cm³/mol. The molecule has 162 valence electrons. The average Bonchev–Trinajstić information content (AvgIpc) is 3.25. The van der Waals surface area contributed by atoms with Gasteiger partial charge in [-0.3, -0.25) is 19.9 Å². The van der Waals surface area contributed by atoms with Gasteiger partial charge < -0.3 is 15.2 Å². The van der Waals surface area contributed by atoms with E-state index in [1.165, 1.54) is 6.07 Å². The van der Waals surface area contributed by atoms with Crippen molar-refractivity contribution in [2.75, 3.05) is 12.0 Å². The van der Waals surface area contributed by atoms with Gasteiger partial charge in [-0.25, -0.2) is 0 Å². The Hall–Kier alpha value is -2.09. The summed E-state index contributed by atoms with van der Waals surface area (Å²) in [7, 11) is 0. The fourth-order valence-electron chi connectivity index (χ4n) is 4.34. The van der Waals surface area contributed by atoms with E-state index in [2.05, 4.69) is 26.9 Å². The number of rotatable bonds is 4. The summed E-state index contributed by atoms with van der Waals surface area (Å²) in [6.07, 6.45) is 4.57. The number of carbonyl (C=O) groups is 1. The molecule has 0 radical (unpaired) electrons. The van der Waals surface area contributed by atoms with Gasteiger partial charge in [-0.1, -0.05) is 11.6 Å². The molecular formula is C22H29ClN4O3. The molecule has 8 heteroatoms. The normalized spacial score (nSPS) is 23.4.